The van der Waals surface area contributed by atoms with Crippen molar-refractivity contribution in [3.8, 4) is 5.75 Å². The molecule has 7 nitrogen and oxygen atoms in total. The summed E-state index contributed by atoms with van der Waals surface area (Å²) in [7, 11) is 0. The Bertz CT molecular complexity index is 1440. The van der Waals surface area contributed by atoms with Crippen molar-refractivity contribution in [1.29, 1.82) is 0 Å². The average Bonchev–Trinajstić information content (AvgIpc) is 3.44. The largest absolute Gasteiger partial charge is 0.507 e. The molecule has 1 fully saturated rings. The lowest BCUT2D eigenvalue weighted by Crippen LogP contribution is -2.29. The number of benzene rings is 3. The van der Waals surface area contributed by atoms with Gasteiger partial charge in [-0.2, -0.15) is 0 Å². The van der Waals surface area contributed by atoms with E-state index in [2.05, 4.69) is 5.16 Å². The van der Waals surface area contributed by atoms with E-state index in [4.69, 9.17) is 9.26 Å². The molecule has 2 heterocycles. The SMILES string of the molecule is Cc1ccc(/C(O)=C2\C(=O)C(=O)N(c3cc(C)on3)[C@H]2c2ccc(OCc3ccccc3)cc2)cc1. The summed E-state index contributed by atoms with van der Waals surface area (Å²) in [6.07, 6.45) is 0. The molecule has 1 atom stereocenters. The lowest BCUT2D eigenvalue weighted by Gasteiger charge is -2.23. The van der Waals surface area contributed by atoms with Crippen LogP contribution in [0.5, 0.6) is 5.75 Å². The quantitative estimate of drug-likeness (QED) is 0.223. The summed E-state index contributed by atoms with van der Waals surface area (Å²) in [5, 5.41) is 15.1. The first kappa shape index (κ1) is 23.1. The summed E-state index contributed by atoms with van der Waals surface area (Å²) in [5.41, 5.74) is 3.10. The van der Waals surface area contributed by atoms with Crippen LogP contribution in [0.3, 0.4) is 0 Å². The van der Waals surface area contributed by atoms with Crippen LogP contribution in [-0.2, 0) is 16.2 Å². The van der Waals surface area contributed by atoms with Crippen LogP contribution in [0, 0.1) is 13.8 Å². The van der Waals surface area contributed by atoms with Crippen molar-refractivity contribution < 1.29 is 24.0 Å². The zero-order valence-electron chi connectivity index (χ0n) is 19.8. The van der Waals surface area contributed by atoms with Crippen LogP contribution in [-0.4, -0.2) is 22.0 Å². The number of hydrogen-bond donors (Lipinski definition) is 1. The van der Waals surface area contributed by atoms with Gasteiger partial charge in [0.25, 0.3) is 5.78 Å². The molecule has 4 aromatic rings. The highest BCUT2D eigenvalue weighted by atomic mass is 16.5. The van der Waals surface area contributed by atoms with Gasteiger partial charge in [-0.25, -0.2) is 0 Å². The summed E-state index contributed by atoms with van der Waals surface area (Å²) in [6.45, 7) is 4.04. The summed E-state index contributed by atoms with van der Waals surface area (Å²) >= 11 is 0. The third kappa shape index (κ3) is 4.38. The molecule has 0 spiro atoms. The molecule has 1 aliphatic rings. The number of aryl methyl sites for hydroxylation is 2. The van der Waals surface area contributed by atoms with Crippen molar-refractivity contribution in [1.82, 2.24) is 5.16 Å². The number of carbonyl (C=O) groups is 2. The molecule has 180 valence electrons. The van der Waals surface area contributed by atoms with Crippen molar-refractivity contribution in [3.63, 3.8) is 0 Å². The Morgan fingerprint density at radius 2 is 1.67 bits per heavy atom. The second kappa shape index (κ2) is 9.54. The Morgan fingerprint density at radius 1 is 0.972 bits per heavy atom. The molecule has 0 unspecified atom stereocenters. The number of anilines is 1. The molecule has 1 aromatic heterocycles. The Labute approximate surface area is 208 Å². The van der Waals surface area contributed by atoms with E-state index in [1.807, 2.05) is 49.4 Å². The van der Waals surface area contributed by atoms with Gasteiger partial charge < -0.3 is 14.4 Å². The minimum Gasteiger partial charge on any atom is -0.507 e. The first-order valence-corrected chi connectivity index (χ1v) is 11.5. The number of rotatable bonds is 6. The second-order valence-electron chi connectivity index (χ2n) is 8.67. The van der Waals surface area contributed by atoms with Gasteiger partial charge in [0, 0.05) is 11.6 Å². The topological polar surface area (TPSA) is 92.9 Å². The number of aromatic nitrogens is 1. The molecule has 36 heavy (non-hydrogen) atoms. The van der Waals surface area contributed by atoms with Crippen molar-refractivity contribution >= 4 is 23.3 Å². The minimum absolute atomic E-state index is 0.0116. The third-order valence-corrected chi connectivity index (χ3v) is 6.08. The number of nitrogens with zero attached hydrogens (tertiary/aromatic N) is 2. The highest BCUT2D eigenvalue weighted by molar-refractivity contribution is 6.51. The average molecular weight is 481 g/mol. The lowest BCUT2D eigenvalue weighted by atomic mass is 9.95. The van der Waals surface area contributed by atoms with Crippen molar-refractivity contribution in [3.05, 3.63) is 119 Å². The minimum atomic E-state index is -0.890. The van der Waals surface area contributed by atoms with Crippen molar-refractivity contribution in [2.45, 2.75) is 26.5 Å². The molecule has 0 bridgehead atoms. The van der Waals surface area contributed by atoms with E-state index in [-0.39, 0.29) is 17.2 Å². The molecule has 0 radical (unpaired) electrons. The Balaban J connectivity index is 1.54. The monoisotopic (exact) mass is 480 g/mol. The smallest absolute Gasteiger partial charge is 0.301 e. The van der Waals surface area contributed by atoms with Crippen molar-refractivity contribution in [2.24, 2.45) is 0 Å². The number of Topliss-reactive ketones (excluding diaryl/α,β-unsaturated/α-hetero) is 1. The van der Waals surface area contributed by atoms with Crippen molar-refractivity contribution in [2.75, 3.05) is 4.90 Å². The van der Waals surface area contributed by atoms with Gasteiger partial charge in [0.2, 0.25) is 0 Å². The predicted octanol–water partition coefficient (Wildman–Crippen LogP) is 5.50. The van der Waals surface area contributed by atoms with E-state index in [0.29, 0.717) is 29.2 Å². The van der Waals surface area contributed by atoms with Crippen LogP contribution in [0.15, 0.2) is 95.0 Å². The maximum atomic E-state index is 13.2. The first-order chi connectivity index (χ1) is 17.4. The second-order valence-corrected chi connectivity index (χ2v) is 8.67. The summed E-state index contributed by atoms with van der Waals surface area (Å²) < 4.78 is 11.1. The van der Waals surface area contributed by atoms with Crippen LogP contribution in [0.1, 0.15) is 34.1 Å². The van der Waals surface area contributed by atoms with E-state index in [0.717, 1.165) is 11.1 Å². The first-order valence-electron chi connectivity index (χ1n) is 11.5. The van der Waals surface area contributed by atoms with E-state index in [1.54, 1.807) is 49.4 Å². The maximum absolute atomic E-state index is 13.2. The van der Waals surface area contributed by atoms with Crippen LogP contribution in [0.2, 0.25) is 0 Å². The molecule has 3 aromatic carbocycles. The molecule has 1 N–H and O–H groups in total. The van der Waals surface area contributed by atoms with Crippen LogP contribution >= 0.6 is 0 Å². The van der Waals surface area contributed by atoms with Gasteiger partial charge >= 0.3 is 5.91 Å². The highest BCUT2D eigenvalue weighted by Crippen LogP contribution is 2.42. The molecule has 1 saturated heterocycles. The fourth-order valence-electron chi connectivity index (χ4n) is 4.21. The van der Waals surface area contributed by atoms with E-state index in [1.165, 1.54) is 4.90 Å². The zero-order valence-corrected chi connectivity index (χ0v) is 19.8. The van der Waals surface area contributed by atoms with Gasteiger partial charge in [0.05, 0.1) is 11.6 Å². The third-order valence-electron chi connectivity index (χ3n) is 6.08. The highest BCUT2D eigenvalue weighted by Gasteiger charge is 2.48. The number of carbonyl (C=O) groups excluding carboxylic acids is 2. The summed E-state index contributed by atoms with van der Waals surface area (Å²) in [5.74, 6) is -0.490. The Kier molecular flexibility index (Phi) is 6.12. The standard InChI is InChI=1S/C29H24N2O5/c1-18-8-10-22(11-9-18)27(32)25-26(31(29(34)28(25)33)24-16-19(2)36-30-24)21-12-14-23(15-13-21)35-17-20-6-4-3-5-7-20/h3-16,26,32H,17H2,1-2H3/b27-25+/t26-/m0/s1. The Morgan fingerprint density at radius 3 is 2.31 bits per heavy atom. The van der Waals surface area contributed by atoms with Crippen LogP contribution in [0.4, 0.5) is 5.82 Å². The van der Waals surface area contributed by atoms with Crippen LogP contribution < -0.4 is 9.64 Å². The van der Waals surface area contributed by atoms with Gasteiger partial charge in [-0.05, 0) is 37.1 Å². The van der Waals surface area contributed by atoms with Gasteiger partial charge in [0.1, 0.15) is 23.9 Å². The molecule has 1 amide bonds. The molecule has 5 rings (SSSR count). The lowest BCUT2D eigenvalue weighted by molar-refractivity contribution is -0.132. The molecule has 0 aliphatic carbocycles. The van der Waals surface area contributed by atoms with Gasteiger partial charge in [-0.15, -0.1) is 0 Å². The fraction of sp³-hybridized carbons (Fsp3) is 0.138. The molecular weight excluding hydrogens is 456 g/mol. The number of amides is 1. The molecular formula is C29H24N2O5. The number of aliphatic hydroxyl groups is 1. The summed E-state index contributed by atoms with van der Waals surface area (Å²) in [4.78, 5) is 27.6. The Hall–Kier alpha value is -4.65. The summed E-state index contributed by atoms with van der Waals surface area (Å²) in [6, 6.07) is 24.7. The molecule has 1 aliphatic heterocycles. The van der Waals surface area contributed by atoms with E-state index >= 15 is 0 Å². The van der Waals surface area contributed by atoms with E-state index in [9.17, 15) is 14.7 Å². The number of ketones is 1. The number of aliphatic hydroxyl groups excluding tert-OH is 1. The van der Waals surface area contributed by atoms with Gasteiger partial charge in [0.15, 0.2) is 5.82 Å². The zero-order chi connectivity index (χ0) is 25.2. The number of hydrogen-bond acceptors (Lipinski definition) is 6. The fourth-order valence-corrected chi connectivity index (χ4v) is 4.21. The normalized spacial score (nSPS) is 16.9. The number of ether oxygens (including phenoxy) is 1. The van der Waals surface area contributed by atoms with E-state index < -0.39 is 17.7 Å². The van der Waals surface area contributed by atoms with Gasteiger partial charge in [-0.1, -0.05) is 77.5 Å². The molecule has 7 heteroatoms. The van der Waals surface area contributed by atoms with Gasteiger partial charge in [-0.3, -0.25) is 14.5 Å². The predicted molar refractivity (Wildman–Crippen MR) is 134 cm³/mol. The maximum Gasteiger partial charge on any atom is 0.301 e. The molecule has 0 saturated carbocycles. The van der Waals surface area contributed by atoms with Crippen LogP contribution in [0.25, 0.3) is 5.76 Å².